The van der Waals surface area contributed by atoms with Gasteiger partial charge in [-0.25, -0.2) is 0 Å². The van der Waals surface area contributed by atoms with Gasteiger partial charge >= 0.3 is 0 Å². The van der Waals surface area contributed by atoms with E-state index in [0.29, 0.717) is 0 Å². The highest BCUT2D eigenvalue weighted by Gasteiger charge is 2.34. The maximum absolute atomic E-state index is 3.79. The normalized spacial score (nSPS) is 12.0. The van der Waals surface area contributed by atoms with Crippen LogP contribution in [0.2, 0.25) is 0 Å². The van der Waals surface area contributed by atoms with Crippen LogP contribution in [0.5, 0.6) is 0 Å². The van der Waals surface area contributed by atoms with Gasteiger partial charge in [-0.3, -0.25) is 0 Å². The molecule has 0 saturated heterocycles. The molecule has 0 radical (unpaired) electrons. The second kappa shape index (κ2) is 27.0. The van der Waals surface area contributed by atoms with Crippen molar-refractivity contribution in [1.29, 1.82) is 0 Å². The summed E-state index contributed by atoms with van der Waals surface area (Å²) in [5, 5.41) is 3.79. The molecule has 0 unspecified atom stereocenters. The highest BCUT2D eigenvalue weighted by atomic mass is 31.2. The standard InChI is InChI=1S/C31H67NP/c1-5-9-13-14-15-16-17-18-19-20-21-22-23-24-26-32-27-25-31-33(28-10-6-2,29-11-7-3)30-12-8-4/h32H,5-31H2,1-4H3/q+1. The Morgan fingerprint density at radius 1 is 0.333 bits per heavy atom. The van der Waals surface area contributed by atoms with E-state index >= 15 is 0 Å². The van der Waals surface area contributed by atoms with Gasteiger partial charge in [0.2, 0.25) is 0 Å². The lowest BCUT2D eigenvalue weighted by Crippen LogP contribution is -2.20. The van der Waals surface area contributed by atoms with Crippen LogP contribution in [0.3, 0.4) is 0 Å². The lowest BCUT2D eigenvalue weighted by atomic mass is 10.0. The summed E-state index contributed by atoms with van der Waals surface area (Å²) in [7, 11) is -0.677. The Morgan fingerprint density at radius 3 is 1.03 bits per heavy atom. The number of rotatable bonds is 28. The molecule has 0 aliphatic carbocycles. The summed E-state index contributed by atoms with van der Waals surface area (Å²) in [6.45, 7) is 12.0. The molecule has 2 heteroatoms. The topological polar surface area (TPSA) is 12.0 Å². The fraction of sp³-hybridized carbons (Fsp3) is 1.00. The van der Waals surface area contributed by atoms with Gasteiger partial charge < -0.3 is 5.32 Å². The van der Waals surface area contributed by atoms with E-state index < -0.39 is 7.26 Å². The third kappa shape index (κ3) is 22.6. The summed E-state index contributed by atoms with van der Waals surface area (Å²) in [4.78, 5) is 0. The molecule has 0 aromatic carbocycles. The van der Waals surface area contributed by atoms with Gasteiger partial charge in [-0.15, -0.1) is 0 Å². The average Bonchev–Trinajstić information content (AvgIpc) is 2.83. The Labute approximate surface area is 212 Å². The SMILES string of the molecule is CCCCCCCCCCCCCCCCNCCC[P+](CCCC)(CCCC)CCCC. The molecular weight excluding hydrogens is 417 g/mol. The summed E-state index contributed by atoms with van der Waals surface area (Å²) in [5.74, 6) is 0. The van der Waals surface area contributed by atoms with Crippen molar-refractivity contribution in [2.75, 3.05) is 37.7 Å². The molecule has 0 amide bonds. The van der Waals surface area contributed by atoms with Gasteiger partial charge in [0, 0.05) is 7.26 Å². The lowest BCUT2D eigenvalue weighted by Gasteiger charge is -2.28. The van der Waals surface area contributed by atoms with Gasteiger partial charge in [0.1, 0.15) is 0 Å². The van der Waals surface area contributed by atoms with Crippen LogP contribution in [0, 0.1) is 0 Å². The Kier molecular flexibility index (Phi) is 27.3. The third-order valence-electron chi connectivity index (χ3n) is 7.65. The summed E-state index contributed by atoms with van der Waals surface area (Å²) in [5.41, 5.74) is 0. The quantitative estimate of drug-likeness (QED) is 0.0859. The fourth-order valence-electron chi connectivity index (χ4n) is 5.26. The number of nitrogens with one attached hydrogen (secondary N) is 1. The summed E-state index contributed by atoms with van der Waals surface area (Å²) in [6.07, 6.45) is 36.7. The molecule has 1 N–H and O–H groups in total. The maximum atomic E-state index is 3.79. The monoisotopic (exact) mass is 485 g/mol. The molecule has 200 valence electrons. The van der Waals surface area contributed by atoms with Gasteiger partial charge in [-0.05, 0) is 45.2 Å². The van der Waals surface area contributed by atoms with Crippen LogP contribution < -0.4 is 5.32 Å². The summed E-state index contributed by atoms with van der Waals surface area (Å²) < 4.78 is 0. The van der Waals surface area contributed by atoms with Crippen molar-refractivity contribution in [2.45, 2.75) is 163 Å². The Bertz CT molecular complexity index is 335. The molecule has 0 rings (SSSR count). The zero-order chi connectivity index (χ0) is 24.3. The third-order valence-corrected chi connectivity index (χ3v) is 12.7. The van der Waals surface area contributed by atoms with Crippen molar-refractivity contribution in [3.8, 4) is 0 Å². The Balaban J connectivity index is 3.63. The predicted molar refractivity (Wildman–Crippen MR) is 159 cm³/mol. The van der Waals surface area contributed by atoms with Gasteiger partial charge in [0.25, 0.3) is 0 Å². The first-order valence-corrected chi connectivity index (χ1v) is 18.3. The number of hydrogen-bond acceptors (Lipinski definition) is 1. The minimum atomic E-state index is -0.677. The van der Waals surface area contributed by atoms with E-state index in [0.717, 1.165) is 0 Å². The van der Waals surface area contributed by atoms with Gasteiger partial charge in [-0.1, -0.05) is 130 Å². The first kappa shape index (κ1) is 33.4. The van der Waals surface area contributed by atoms with E-state index in [1.807, 2.05) is 0 Å². The largest absolute Gasteiger partial charge is 0.317 e. The molecule has 0 aliphatic heterocycles. The van der Waals surface area contributed by atoms with E-state index in [4.69, 9.17) is 0 Å². The minimum Gasteiger partial charge on any atom is -0.317 e. The Morgan fingerprint density at radius 2 is 0.636 bits per heavy atom. The van der Waals surface area contributed by atoms with Crippen LogP contribution in [0.15, 0.2) is 0 Å². The molecule has 1 nitrogen and oxygen atoms in total. The molecule has 0 heterocycles. The molecule has 0 saturated carbocycles. The van der Waals surface area contributed by atoms with E-state index in [1.165, 1.54) is 148 Å². The van der Waals surface area contributed by atoms with Gasteiger partial charge in [0.05, 0.1) is 24.6 Å². The van der Waals surface area contributed by atoms with Crippen LogP contribution in [0.25, 0.3) is 0 Å². The number of hydrogen-bond donors (Lipinski definition) is 1. The molecule has 0 bridgehead atoms. The van der Waals surface area contributed by atoms with Crippen LogP contribution in [0.4, 0.5) is 0 Å². The first-order chi connectivity index (χ1) is 16.2. The predicted octanol–water partition coefficient (Wildman–Crippen LogP) is 10.9. The van der Waals surface area contributed by atoms with Crippen molar-refractivity contribution in [1.82, 2.24) is 5.32 Å². The van der Waals surface area contributed by atoms with E-state index in [2.05, 4.69) is 33.0 Å². The molecular formula is C31H67NP+. The van der Waals surface area contributed by atoms with Crippen LogP contribution in [-0.4, -0.2) is 37.7 Å². The molecule has 0 aromatic heterocycles. The van der Waals surface area contributed by atoms with Gasteiger partial charge in [0.15, 0.2) is 0 Å². The van der Waals surface area contributed by atoms with E-state index in [9.17, 15) is 0 Å². The molecule has 33 heavy (non-hydrogen) atoms. The zero-order valence-electron chi connectivity index (χ0n) is 24.0. The second-order valence-electron chi connectivity index (χ2n) is 11.0. The highest BCUT2D eigenvalue weighted by molar-refractivity contribution is 7.75. The fourth-order valence-corrected chi connectivity index (χ4v) is 10.4. The van der Waals surface area contributed by atoms with Crippen LogP contribution in [0.1, 0.15) is 163 Å². The summed E-state index contributed by atoms with van der Waals surface area (Å²) >= 11 is 0. The van der Waals surface area contributed by atoms with Crippen molar-refractivity contribution in [3.05, 3.63) is 0 Å². The Hall–Kier alpha value is 0.390. The van der Waals surface area contributed by atoms with Crippen LogP contribution in [-0.2, 0) is 0 Å². The molecule has 0 atom stereocenters. The van der Waals surface area contributed by atoms with Crippen molar-refractivity contribution >= 4 is 7.26 Å². The molecule has 0 spiro atoms. The zero-order valence-corrected chi connectivity index (χ0v) is 24.9. The smallest absolute Gasteiger partial charge is 0.0606 e. The van der Waals surface area contributed by atoms with E-state index in [1.54, 1.807) is 24.6 Å². The second-order valence-corrected chi connectivity index (χ2v) is 15.5. The highest BCUT2D eigenvalue weighted by Crippen LogP contribution is 2.61. The lowest BCUT2D eigenvalue weighted by molar-refractivity contribution is 0.529. The van der Waals surface area contributed by atoms with Gasteiger partial charge in [-0.2, -0.15) is 0 Å². The first-order valence-electron chi connectivity index (χ1n) is 15.8. The molecule has 0 aromatic rings. The molecule has 0 aliphatic rings. The maximum Gasteiger partial charge on any atom is 0.0606 e. The van der Waals surface area contributed by atoms with Crippen molar-refractivity contribution in [2.24, 2.45) is 0 Å². The summed E-state index contributed by atoms with van der Waals surface area (Å²) in [6, 6.07) is 0. The molecule has 0 fully saturated rings. The van der Waals surface area contributed by atoms with Crippen molar-refractivity contribution in [3.63, 3.8) is 0 Å². The minimum absolute atomic E-state index is 0.677. The van der Waals surface area contributed by atoms with Crippen LogP contribution >= 0.6 is 7.26 Å². The average molecular weight is 485 g/mol. The number of unbranched alkanes of at least 4 members (excludes halogenated alkanes) is 16. The van der Waals surface area contributed by atoms with Crippen molar-refractivity contribution < 1.29 is 0 Å². The van der Waals surface area contributed by atoms with E-state index in [-0.39, 0.29) is 0 Å².